The van der Waals surface area contributed by atoms with Crippen molar-refractivity contribution in [3.8, 4) is 11.3 Å². The summed E-state index contributed by atoms with van der Waals surface area (Å²) in [6.45, 7) is 2.21. The van der Waals surface area contributed by atoms with Crippen LogP contribution in [0.15, 0.2) is 29.4 Å². The zero-order chi connectivity index (χ0) is 10.8. The Labute approximate surface area is 99.1 Å². The number of hydrogen-bond acceptors (Lipinski definition) is 3. The van der Waals surface area contributed by atoms with E-state index in [0.29, 0.717) is 6.04 Å². The molecule has 0 saturated carbocycles. The van der Waals surface area contributed by atoms with Crippen molar-refractivity contribution in [3.63, 3.8) is 0 Å². The Morgan fingerprint density at radius 3 is 3.25 bits per heavy atom. The minimum atomic E-state index is 0.561. The molecule has 16 heavy (non-hydrogen) atoms. The third kappa shape index (κ3) is 1.79. The molecular weight excluding hydrogens is 218 g/mol. The number of hydrogen-bond donors (Lipinski definition) is 1. The van der Waals surface area contributed by atoms with Gasteiger partial charge in [0.15, 0.2) is 0 Å². The van der Waals surface area contributed by atoms with Crippen LogP contribution in [0.3, 0.4) is 0 Å². The van der Waals surface area contributed by atoms with Gasteiger partial charge in [-0.05, 0) is 30.8 Å². The summed E-state index contributed by atoms with van der Waals surface area (Å²) < 4.78 is 2.31. The molecule has 1 aliphatic rings. The van der Waals surface area contributed by atoms with E-state index in [0.717, 1.165) is 13.1 Å². The largest absolute Gasteiger partial charge is 0.326 e. The number of piperidine rings is 1. The molecule has 0 aromatic carbocycles. The molecule has 2 aromatic rings. The van der Waals surface area contributed by atoms with Crippen molar-refractivity contribution >= 4 is 11.3 Å². The van der Waals surface area contributed by atoms with Gasteiger partial charge in [-0.2, -0.15) is 11.3 Å². The van der Waals surface area contributed by atoms with Gasteiger partial charge < -0.3 is 9.88 Å². The van der Waals surface area contributed by atoms with E-state index in [-0.39, 0.29) is 0 Å². The van der Waals surface area contributed by atoms with Gasteiger partial charge in [0, 0.05) is 23.5 Å². The summed E-state index contributed by atoms with van der Waals surface area (Å²) in [5.41, 5.74) is 2.53. The number of nitrogens with zero attached hydrogens (tertiary/aromatic N) is 2. The highest BCUT2D eigenvalue weighted by Gasteiger charge is 2.17. The van der Waals surface area contributed by atoms with Gasteiger partial charge in [0.2, 0.25) is 0 Å². The Kier molecular flexibility index (Phi) is 2.76. The van der Waals surface area contributed by atoms with Crippen LogP contribution in [0.4, 0.5) is 0 Å². The second-order valence-electron chi connectivity index (χ2n) is 4.20. The lowest BCUT2D eigenvalue weighted by atomic mass is 10.1. The van der Waals surface area contributed by atoms with Gasteiger partial charge >= 0.3 is 0 Å². The van der Waals surface area contributed by atoms with Crippen LogP contribution in [0, 0.1) is 0 Å². The van der Waals surface area contributed by atoms with Crippen LogP contribution < -0.4 is 5.32 Å². The lowest BCUT2D eigenvalue weighted by Gasteiger charge is -2.25. The van der Waals surface area contributed by atoms with Crippen LogP contribution in [0.2, 0.25) is 0 Å². The smallest absolute Gasteiger partial charge is 0.0954 e. The second kappa shape index (κ2) is 4.39. The molecule has 3 nitrogen and oxygen atoms in total. The molecule has 3 rings (SSSR count). The molecule has 1 atom stereocenters. The zero-order valence-electron chi connectivity index (χ0n) is 9.10. The SMILES string of the molecule is c1cc(-c2cncn2C2CCCNC2)cs1. The first-order valence-corrected chi connectivity index (χ1v) is 6.64. The predicted molar refractivity (Wildman–Crippen MR) is 66.7 cm³/mol. The number of rotatable bonds is 2. The molecule has 0 spiro atoms. The Morgan fingerprint density at radius 1 is 1.50 bits per heavy atom. The van der Waals surface area contributed by atoms with Crippen molar-refractivity contribution in [2.24, 2.45) is 0 Å². The summed E-state index contributed by atoms with van der Waals surface area (Å²) in [4.78, 5) is 4.29. The lowest BCUT2D eigenvalue weighted by molar-refractivity contribution is 0.373. The van der Waals surface area contributed by atoms with E-state index in [2.05, 4.69) is 31.7 Å². The third-order valence-corrected chi connectivity index (χ3v) is 3.83. The molecule has 1 aliphatic heterocycles. The molecule has 0 amide bonds. The van der Waals surface area contributed by atoms with Crippen molar-refractivity contribution in [2.75, 3.05) is 13.1 Å². The normalized spacial score (nSPS) is 21.1. The number of aromatic nitrogens is 2. The van der Waals surface area contributed by atoms with Gasteiger partial charge in [0.1, 0.15) is 0 Å². The summed E-state index contributed by atoms with van der Waals surface area (Å²) in [5, 5.41) is 7.75. The Bertz CT molecular complexity index is 441. The van der Waals surface area contributed by atoms with Crippen LogP contribution in [0.5, 0.6) is 0 Å². The molecule has 1 fully saturated rings. The van der Waals surface area contributed by atoms with Gasteiger partial charge in [-0.3, -0.25) is 0 Å². The molecule has 1 unspecified atom stereocenters. The standard InChI is InChI=1S/C12H15N3S/c1-2-11(6-13-4-1)15-9-14-7-12(15)10-3-5-16-8-10/h3,5,7-9,11,13H,1-2,4,6H2. The highest BCUT2D eigenvalue weighted by Crippen LogP contribution is 2.27. The average molecular weight is 233 g/mol. The van der Waals surface area contributed by atoms with Crippen molar-refractivity contribution in [2.45, 2.75) is 18.9 Å². The van der Waals surface area contributed by atoms with Gasteiger partial charge in [-0.15, -0.1) is 0 Å². The minimum Gasteiger partial charge on any atom is -0.326 e. The second-order valence-corrected chi connectivity index (χ2v) is 4.98. The first kappa shape index (κ1) is 10.1. The maximum atomic E-state index is 4.29. The van der Waals surface area contributed by atoms with Crippen molar-refractivity contribution in [1.82, 2.24) is 14.9 Å². The third-order valence-electron chi connectivity index (χ3n) is 3.15. The molecule has 0 radical (unpaired) electrons. The molecule has 1 saturated heterocycles. The highest BCUT2D eigenvalue weighted by molar-refractivity contribution is 7.08. The number of thiophene rings is 1. The van der Waals surface area contributed by atoms with E-state index in [1.54, 1.807) is 11.3 Å². The fourth-order valence-corrected chi connectivity index (χ4v) is 2.95. The van der Waals surface area contributed by atoms with Crippen LogP contribution in [-0.4, -0.2) is 22.6 Å². The van der Waals surface area contributed by atoms with E-state index in [1.807, 2.05) is 12.5 Å². The number of nitrogens with one attached hydrogen (secondary N) is 1. The van der Waals surface area contributed by atoms with Crippen LogP contribution in [-0.2, 0) is 0 Å². The molecular formula is C12H15N3S. The molecule has 4 heteroatoms. The first-order chi connectivity index (χ1) is 7.95. The van der Waals surface area contributed by atoms with Crippen LogP contribution in [0.25, 0.3) is 11.3 Å². The fourth-order valence-electron chi connectivity index (χ4n) is 2.30. The van der Waals surface area contributed by atoms with Gasteiger partial charge in [-0.1, -0.05) is 0 Å². The monoisotopic (exact) mass is 233 g/mol. The van der Waals surface area contributed by atoms with E-state index < -0.39 is 0 Å². The van der Waals surface area contributed by atoms with Crippen LogP contribution >= 0.6 is 11.3 Å². The summed E-state index contributed by atoms with van der Waals surface area (Å²) in [5.74, 6) is 0. The maximum absolute atomic E-state index is 4.29. The molecule has 84 valence electrons. The molecule has 1 N–H and O–H groups in total. The number of imidazole rings is 1. The Balaban J connectivity index is 1.92. The summed E-state index contributed by atoms with van der Waals surface area (Å²) in [7, 11) is 0. The molecule has 2 aromatic heterocycles. The fraction of sp³-hybridized carbons (Fsp3) is 0.417. The highest BCUT2D eigenvalue weighted by atomic mass is 32.1. The summed E-state index contributed by atoms with van der Waals surface area (Å²) in [6.07, 6.45) is 6.44. The predicted octanol–water partition coefficient (Wildman–Crippen LogP) is 2.54. The molecule has 0 bridgehead atoms. The van der Waals surface area contributed by atoms with E-state index in [1.165, 1.54) is 24.1 Å². The zero-order valence-corrected chi connectivity index (χ0v) is 9.91. The molecule has 3 heterocycles. The van der Waals surface area contributed by atoms with Crippen molar-refractivity contribution < 1.29 is 0 Å². The van der Waals surface area contributed by atoms with E-state index in [9.17, 15) is 0 Å². The average Bonchev–Trinajstić information content (AvgIpc) is 3.01. The molecule has 0 aliphatic carbocycles. The minimum absolute atomic E-state index is 0.561. The first-order valence-electron chi connectivity index (χ1n) is 5.70. The van der Waals surface area contributed by atoms with E-state index >= 15 is 0 Å². The topological polar surface area (TPSA) is 29.9 Å². The van der Waals surface area contributed by atoms with Crippen molar-refractivity contribution in [3.05, 3.63) is 29.4 Å². The quantitative estimate of drug-likeness (QED) is 0.864. The van der Waals surface area contributed by atoms with Gasteiger partial charge in [-0.25, -0.2) is 4.98 Å². The van der Waals surface area contributed by atoms with Gasteiger partial charge in [0.05, 0.1) is 18.2 Å². The van der Waals surface area contributed by atoms with Crippen LogP contribution in [0.1, 0.15) is 18.9 Å². The van der Waals surface area contributed by atoms with E-state index in [4.69, 9.17) is 0 Å². The summed E-state index contributed by atoms with van der Waals surface area (Å²) in [6, 6.07) is 2.72. The summed E-state index contributed by atoms with van der Waals surface area (Å²) >= 11 is 1.74. The van der Waals surface area contributed by atoms with Crippen molar-refractivity contribution in [1.29, 1.82) is 0 Å². The lowest BCUT2D eigenvalue weighted by Crippen LogP contribution is -2.31. The van der Waals surface area contributed by atoms with Gasteiger partial charge in [0.25, 0.3) is 0 Å². The Hall–Kier alpha value is -1.13. The Morgan fingerprint density at radius 2 is 2.50 bits per heavy atom. The maximum Gasteiger partial charge on any atom is 0.0954 e.